The van der Waals surface area contributed by atoms with Crippen LogP contribution in [0.15, 0.2) is 12.1 Å². The van der Waals surface area contributed by atoms with Crippen LogP contribution in [0.3, 0.4) is 0 Å². The third kappa shape index (κ3) is 2.96. The van der Waals surface area contributed by atoms with E-state index >= 15 is 0 Å². The van der Waals surface area contributed by atoms with Gasteiger partial charge < -0.3 is 14.9 Å². The van der Waals surface area contributed by atoms with Crippen molar-refractivity contribution in [3.8, 4) is 0 Å². The quantitative estimate of drug-likeness (QED) is 0.849. The number of aliphatic hydroxyl groups is 1. The van der Waals surface area contributed by atoms with Crippen molar-refractivity contribution in [2.75, 3.05) is 32.1 Å². The van der Waals surface area contributed by atoms with Crippen LogP contribution in [0.1, 0.15) is 17.8 Å². The molecule has 1 aliphatic rings. The summed E-state index contributed by atoms with van der Waals surface area (Å²) in [7, 11) is 4.10. The smallest absolute Gasteiger partial charge is 0.0779 e. The lowest BCUT2D eigenvalue weighted by Gasteiger charge is -2.22. The second-order valence-corrected chi connectivity index (χ2v) is 5.04. The average molecular weight is 235 g/mol. The van der Waals surface area contributed by atoms with Gasteiger partial charge in [0.15, 0.2) is 0 Å². The number of pyridine rings is 1. The fraction of sp³-hybridized carbons (Fsp3) is 0.615. The van der Waals surface area contributed by atoms with Crippen molar-refractivity contribution in [2.24, 2.45) is 0 Å². The van der Waals surface area contributed by atoms with Crippen LogP contribution in [-0.2, 0) is 6.54 Å². The van der Waals surface area contributed by atoms with Crippen molar-refractivity contribution in [3.63, 3.8) is 0 Å². The zero-order chi connectivity index (χ0) is 12.4. The van der Waals surface area contributed by atoms with E-state index in [1.807, 2.05) is 27.1 Å². The van der Waals surface area contributed by atoms with Crippen molar-refractivity contribution in [3.05, 3.63) is 23.5 Å². The highest BCUT2D eigenvalue weighted by atomic mass is 16.3. The van der Waals surface area contributed by atoms with Gasteiger partial charge in [-0.1, -0.05) is 0 Å². The Morgan fingerprint density at radius 2 is 2.24 bits per heavy atom. The summed E-state index contributed by atoms with van der Waals surface area (Å²) in [4.78, 5) is 8.97. The molecule has 0 saturated carbocycles. The first-order valence-electron chi connectivity index (χ1n) is 6.10. The van der Waals surface area contributed by atoms with Crippen molar-refractivity contribution in [1.82, 2.24) is 9.88 Å². The molecule has 1 fully saturated rings. The average Bonchev–Trinajstić information content (AvgIpc) is 2.64. The molecule has 4 heteroatoms. The number of nitrogens with zero attached hydrogens (tertiary/aromatic N) is 3. The molecule has 1 saturated heterocycles. The standard InChI is InChI=1S/C13H21N3O/c1-10-4-5-13(12(14-10)9-15(2)3)16-7-6-11(17)8-16/h4-5,11,17H,6-9H2,1-3H3. The molecule has 1 aromatic heterocycles. The first-order chi connectivity index (χ1) is 8.06. The van der Waals surface area contributed by atoms with Crippen molar-refractivity contribution >= 4 is 5.69 Å². The van der Waals surface area contributed by atoms with Gasteiger partial charge in [-0.3, -0.25) is 4.98 Å². The molecule has 0 bridgehead atoms. The van der Waals surface area contributed by atoms with Crippen LogP contribution in [0.2, 0.25) is 0 Å². The third-order valence-electron chi connectivity index (χ3n) is 3.06. The Hall–Kier alpha value is -1.13. The third-order valence-corrected chi connectivity index (χ3v) is 3.06. The molecule has 0 spiro atoms. The number of aryl methyl sites for hydroxylation is 1. The molecule has 1 aliphatic heterocycles. The van der Waals surface area contributed by atoms with Crippen LogP contribution < -0.4 is 4.90 Å². The van der Waals surface area contributed by atoms with Gasteiger partial charge in [-0.25, -0.2) is 0 Å². The zero-order valence-electron chi connectivity index (χ0n) is 10.8. The monoisotopic (exact) mass is 235 g/mol. The van der Waals surface area contributed by atoms with Crippen LogP contribution >= 0.6 is 0 Å². The van der Waals surface area contributed by atoms with Gasteiger partial charge in [0, 0.05) is 25.3 Å². The van der Waals surface area contributed by atoms with Gasteiger partial charge in [-0.2, -0.15) is 0 Å². The molecule has 0 aromatic carbocycles. The highest BCUT2D eigenvalue weighted by Crippen LogP contribution is 2.24. The summed E-state index contributed by atoms with van der Waals surface area (Å²) in [5.74, 6) is 0. The Labute approximate surface area is 103 Å². The Morgan fingerprint density at radius 3 is 2.82 bits per heavy atom. The number of rotatable bonds is 3. The maximum absolute atomic E-state index is 9.62. The maximum atomic E-state index is 9.62. The summed E-state index contributed by atoms with van der Waals surface area (Å²) in [5.41, 5.74) is 3.32. The van der Waals surface area contributed by atoms with E-state index in [1.54, 1.807) is 0 Å². The van der Waals surface area contributed by atoms with Gasteiger partial charge in [0.1, 0.15) is 0 Å². The predicted octanol–water partition coefficient (Wildman–Crippen LogP) is 1.02. The van der Waals surface area contributed by atoms with E-state index in [1.165, 1.54) is 5.69 Å². The fourth-order valence-electron chi connectivity index (χ4n) is 2.27. The molecule has 0 aliphatic carbocycles. The Morgan fingerprint density at radius 1 is 1.47 bits per heavy atom. The van der Waals surface area contributed by atoms with Crippen LogP contribution in [0.25, 0.3) is 0 Å². The molecule has 0 radical (unpaired) electrons. The summed E-state index contributed by atoms with van der Waals surface area (Å²) in [6.45, 7) is 4.50. The van der Waals surface area contributed by atoms with Crippen molar-refractivity contribution in [1.29, 1.82) is 0 Å². The molecule has 4 nitrogen and oxygen atoms in total. The number of aromatic nitrogens is 1. The van der Waals surface area contributed by atoms with E-state index in [9.17, 15) is 5.11 Å². The van der Waals surface area contributed by atoms with E-state index < -0.39 is 0 Å². The molecular formula is C13H21N3O. The molecule has 1 N–H and O–H groups in total. The van der Waals surface area contributed by atoms with Crippen LogP contribution in [0, 0.1) is 6.92 Å². The highest BCUT2D eigenvalue weighted by molar-refractivity contribution is 5.52. The summed E-state index contributed by atoms with van der Waals surface area (Å²) >= 11 is 0. The second-order valence-electron chi connectivity index (χ2n) is 5.04. The normalized spacial score (nSPS) is 20.3. The summed E-state index contributed by atoms with van der Waals surface area (Å²) < 4.78 is 0. The molecule has 17 heavy (non-hydrogen) atoms. The van der Waals surface area contributed by atoms with Gasteiger partial charge in [0.25, 0.3) is 0 Å². The van der Waals surface area contributed by atoms with Gasteiger partial charge in [-0.15, -0.1) is 0 Å². The van der Waals surface area contributed by atoms with E-state index in [2.05, 4.69) is 20.9 Å². The van der Waals surface area contributed by atoms with Crippen molar-refractivity contribution < 1.29 is 5.11 Å². The lowest BCUT2D eigenvalue weighted by molar-refractivity contribution is 0.198. The molecule has 1 aromatic rings. The molecular weight excluding hydrogens is 214 g/mol. The zero-order valence-corrected chi connectivity index (χ0v) is 10.8. The number of hydrogen-bond donors (Lipinski definition) is 1. The second kappa shape index (κ2) is 5.02. The first kappa shape index (κ1) is 12.3. The minimum absolute atomic E-state index is 0.191. The molecule has 1 unspecified atom stereocenters. The topological polar surface area (TPSA) is 39.6 Å². The van der Waals surface area contributed by atoms with Crippen molar-refractivity contribution in [2.45, 2.75) is 26.0 Å². The first-order valence-corrected chi connectivity index (χ1v) is 6.10. The number of aliphatic hydroxyl groups excluding tert-OH is 1. The Bertz CT molecular complexity index is 392. The number of β-amino-alcohol motifs (C(OH)–C–C–N with tert-alkyl or cyclic N) is 1. The maximum Gasteiger partial charge on any atom is 0.0779 e. The largest absolute Gasteiger partial charge is 0.391 e. The molecule has 1 atom stereocenters. The summed E-state index contributed by atoms with van der Waals surface area (Å²) in [6.07, 6.45) is 0.665. The van der Waals surface area contributed by atoms with Gasteiger partial charge in [-0.05, 0) is 39.6 Å². The minimum Gasteiger partial charge on any atom is -0.391 e. The van der Waals surface area contributed by atoms with Crippen LogP contribution in [0.5, 0.6) is 0 Å². The van der Waals surface area contributed by atoms with E-state index in [4.69, 9.17) is 0 Å². The van der Waals surface area contributed by atoms with Gasteiger partial charge >= 0.3 is 0 Å². The summed E-state index contributed by atoms with van der Waals surface area (Å²) in [6, 6.07) is 4.17. The van der Waals surface area contributed by atoms with Gasteiger partial charge in [0.2, 0.25) is 0 Å². The van der Waals surface area contributed by atoms with Crippen LogP contribution in [0.4, 0.5) is 5.69 Å². The number of anilines is 1. The number of hydrogen-bond acceptors (Lipinski definition) is 4. The lowest BCUT2D eigenvalue weighted by atomic mass is 10.2. The molecule has 94 valence electrons. The SMILES string of the molecule is Cc1ccc(N2CCC(O)C2)c(CN(C)C)n1. The Kier molecular flexibility index (Phi) is 3.64. The van der Waals surface area contributed by atoms with E-state index in [-0.39, 0.29) is 6.10 Å². The fourth-order valence-corrected chi connectivity index (χ4v) is 2.27. The molecule has 2 rings (SSSR count). The van der Waals surface area contributed by atoms with E-state index in [0.717, 1.165) is 37.4 Å². The summed E-state index contributed by atoms with van der Waals surface area (Å²) in [5, 5.41) is 9.62. The lowest BCUT2D eigenvalue weighted by Crippen LogP contribution is -2.24. The minimum atomic E-state index is -0.191. The van der Waals surface area contributed by atoms with E-state index in [0.29, 0.717) is 0 Å². The Balaban J connectivity index is 2.25. The highest BCUT2D eigenvalue weighted by Gasteiger charge is 2.22. The van der Waals surface area contributed by atoms with Crippen LogP contribution in [-0.4, -0.2) is 48.3 Å². The van der Waals surface area contributed by atoms with Gasteiger partial charge in [0.05, 0.1) is 17.5 Å². The molecule has 0 amide bonds. The predicted molar refractivity (Wildman–Crippen MR) is 69.2 cm³/mol. The molecule has 2 heterocycles.